The number of carbonyl (C=O) groups is 3. The van der Waals surface area contributed by atoms with Crippen LogP contribution in [0.1, 0.15) is 47.9 Å². The molecule has 1 atom stereocenters. The second-order valence-corrected chi connectivity index (χ2v) is 8.01. The third kappa shape index (κ3) is 5.93. The molecule has 2 rings (SSSR count). The number of hydrogen-bond acceptors (Lipinski definition) is 7. The number of benzene rings is 1. The Kier molecular flexibility index (Phi) is 8.00. The highest BCUT2D eigenvalue weighted by Gasteiger charge is 2.35. The van der Waals surface area contributed by atoms with Crippen LogP contribution in [0.5, 0.6) is 0 Å². The lowest BCUT2D eigenvalue weighted by atomic mass is 10.1. The minimum atomic E-state index is -0.746. The Labute approximate surface area is 173 Å². The van der Waals surface area contributed by atoms with E-state index in [2.05, 4.69) is 19.2 Å². The van der Waals surface area contributed by atoms with E-state index in [4.69, 9.17) is 4.74 Å². The highest BCUT2D eigenvalue weighted by Crippen LogP contribution is 2.26. The fourth-order valence-electron chi connectivity index (χ4n) is 2.80. The summed E-state index contributed by atoms with van der Waals surface area (Å²) in [6, 6.07) is 2.79. The Morgan fingerprint density at radius 1 is 1.31 bits per heavy atom. The summed E-state index contributed by atoms with van der Waals surface area (Å²) >= 11 is 1.43. The van der Waals surface area contributed by atoms with Gasteiger partial charge in [0.05, 0.1) is 23.0 Å². The van der Waals surface area contributed by atoms with E-state index in [1.165, 1.54) is 22.7 Å². The van der Waals surface area contributed by atoms with Gasteiger partial charge < -0.3 is 15.0 Å². The predicted octanol–water partition coefficient (Wildman–Crippen LogP) is 2.45. The van der Waals surface area contributed by atoms with Crippen LogP contribution in [-0.4, -0.2) is 58.4 Å². The average Bonchev–Trinajstić information content (AvgIpc) is 3.16. The van der Waals surface area contributed by atoms with Crippen molar-refractivity contribution in [1.82, 2.24) is 10.2 Å². The average molecular weight is 423 g/mol. The second-order valence-electron chi connectivity index (χ2n) is 7.01. The highest BCUT2D eigenvalue weighted by molar-refractivity contribution is 7.99. The van der Waals surface area contributed by atoms with Crippen molar-refractivity contribution in [2.24, 2.45) is 5.92 Å². The van der Waals surface area contributed by atoms with Gasteiger partial charge in [-0.2, -0.15) is 0 Å². The lowest BCUT2D eigenvalue weighted by Gasteiger charge is -2.23. The molecule has 1 heterocycles. The Morgan fingerprint density at radius 2 is 2.00 bits per heavy atom. The van der Waals surface area contributed by atoms with Gasteiger partial charge in [-0.25, -0.2) is 4.79 Å². The summed E-state index contributed by atoms with van der Waals surface area (Å²) in [6.45, 7) is 6.34. The number of carbonyl (C=O) groups excluding carboxylic acids is 3. The number of nitrogens with one attached hydrogen (secondary N) is 1. The molecular formula is C19H25N3O6S. The van der Waals surface area contributed by atoms with Crippen LogP contribution in [-0.2, 0) is 9.53 Å². The summed E-state index contributed by atoms with van der Waals surface area (Å²) in [5.74, 6) is -0.355. The number of nitro groups is 1. The molecule has 2 amide bonds. The molecule has 1 aliphatic rings. The van der Waals surface area contributed by atoms with Crippen LogP contribution < -0.4 is 5.32 Å². The van der Waals surface area contributed by atoms with E-state index in [9.17, 15) is 24.5 Å². The Bertz CT molecular complexity index is 798. The number of rotatable bonds is 8. The first-order valence-corrected chi connectivity index (χ1v) is 10.5. The van der Waals surface area contributed by atoms with E-state index >= 15 is 0 Å². The molecule has 1 aromatic carbocycles. The molecule has 0 radical (unpaired) electrons. The van der Waals surface area contributed by atoms with Crippen molar-refractivity contribution >= 4 is 35.2 Å². The highest BCUT2D eigenvalue weighted by atomic mass is 32.2. The molecule has 1 N–H and O–H groups in total. The molecule has 29 heavy (non-hydrogen) atoms. The van der Waals surface area contributed by atoms with Gasteiger partial charge in [0.25, 0.3) is 11.6 Å². The molecule has 1 aromatic rings. The summed E-state index contributed by atoms with van der Waals surface area (Å²) in [5.41, 5.74) is -0.484. The molecule has 0 bridgehead atoms. The van der Waals surface area contributed by atoms with Gasteiger partial charge in [-0.05, 0) is 25.3 Å². The van der Waals surface area contributed by atoms with E-state index in [0.717, 1.165) is 18.6 Å². The number of non-ortho nitro benzene ring substituents is 1. The van der Waals surface area contributed by atoms with Crippen LogP contribution in [0.25, 0.3) is 0 Å². The molecule has 1 saturated heterocycles. The van der Waals surface area contributed by atoms with E-state index < -0.39 is 22.8 Å². The van der Waals surface area contributed by atoms with Crippen molar-refractivity contribution in [3.05, 3.63) is 39.4 Å². The molecule has 0 aromatic heterocycles. The SMILES string of the molecule is CCOC(=O)c1cc(C(=O)N2CSCC2C(=O)NCCC(C)C)cc([N+](=O)[O-])c1. The fourth-order valence-corrected chi connectivity index (χ4v) is 3.95. The van der Waals surface area contributed by atoms with E-state index in [-0.39, 0.29) is 29.3 Å². The van der Waals surface area contributed by atoms with Crippen molar-refractivity contribution in [3.8, 4) is 0 Å². The summed E-state index contributed by atoms with van der Waals surface area (Å²) in [6.07, 6.45) is 0.827. The normalized spacial score (nSPS) is 16.0. The Morgan fingerprint density at radius 3 is 2.62 bits per heavy atom. The monoisotopic (exact) mass is 423 g/mol. The van der Waals surface area contributed by atoms with Crippen molar-refractivity contribution in [1.29, 1.82) is 0 Å². The molecule has 0 spiro atoms. The van der Waals surface area contributed by atoms with Gasteiger partial charge in [0.1, 0.15) is 6.04 Å². The van der Waals surface area contributed by atoms with Crippen molar-refractivity contribution in [3.63, 3.8) is 0 Å². The molecule has 0 saturated carbocycles. The number of esters is 1. The third-order valence-electron chi connectivity index (χ3n) is 4.35. The first-order valence-electron chi connectivity index (χ1n) is 9.37. The van der Waals surface area contributed by atoms with Gasteiger partial charge in [0, 0.05) is 30.0 Å². The topological polar surface area (TPSA) is 119 Å². The summed E-state index contributed by atoms with van der Waals surface area (Å²) in [5, 5.41) is 14.1. The number of ether oxygens (including phenoxy) is 1. The zero-order valence-corrected chi connectivity index (χ0v) is 17.5. The van der Waals surface area contributed by atoms with Crippen molar-refractivity contribution in [2.75, 3.05) is 24.8 Å². The maximum Gasteiger partial charge on any atom is 0.338 e. The van der Waals surface area contributed by atoms with E-state index in [1.54, 1.807) is 6.92 Å². The van der Waals surface area contributed by atoms with Gasteiger partial charge >= 0.3 is 5.97 Å². The quantitative estimate of drug-likeness (QED) is 0.387. The summed E-state index contributed by atoms with van der Waals surface area (Å²) < 4.78 is 4.89. The minimum Gasteiger partial charge on any atom is -0.462 e. The lowest BCUT2D eigenvalue weighted by Crippen LogP contribution is -2.47. The fraction of sp³-hybridized carbons (Fsp3) is 0.526. The van der Waals surface area contributed by atoms with Gasteiger partial charge in [-0.15, -0.1) is 11.8 Å². The first-order chi connectivity index (χ1) is 13.7. The molecule has 0 aliphatic carbocycles. The minimum absolute atomic E-state index is 0.0234. The van der Waals surface area contributed by atoms with Crippen LogP contribution in [0.15, 0.2) is 18.2 Å². The lowest BCUT2D eigenvalue weighted by molar-refractivity contribution is -0.384. The first kappa shape index (κ1) is 22.7. The molecule has 9 nitrogen and oxygen atoms in total. The maximum atomic E-state index is 13.0. The van der Waals surface area contributed by atoms with Gasteiger partial charge in [0.15, 0.2) is 0 Å². The zero-order valence-electron chi connectivity index (χ0n) is 16.7. The molecular weight excluding hydrogens is 398 g/mol. The molecule has 1 fully saturated rings. The molecule has 1 aliphatic heterocycles. The predicted molar refractivity (Wildman–Crippen MR) is 109 cm³/mol. The number of hydrogen-bond donors (Lipinski definition) is 1. The van der Waals surface area contributed by atoms with E-state index in [0.29, 0.717) is 24.1 Å². The molecule has 1 unspecified atom stereocenters. The smallest absolute Gasteiger partial charge is 0.338 e. The standard InChI is InChI=1S/C19H25N3O6S/c1-4-28-19(25)14-7-13(8-15(9-14)22(26)27)18(24)21-11-29-10-16(21)17(23)20-6-5-12(2)3/h7-9,12,16H,4-6,10-11H2,1-3H3,(H,20,23). The zero-order chi connectivity index (χ0) is 21.6. The van der Waals surface area contributed by atoms with Crippen LogP contribution in [0.2, 0.25) is 0 Å². The van der Waals surface area contributed by atoms with Crippen LogP contribution in [0.3, 0.4) is 0 Å². The van der Waals surface area contributed by atoms with Gasteiger partial charge in [-0.3, -0.25) is 19.7 Å². The number of amides is 2. The van der Waals surface area contributed by atoms with Crippen LogP contribution in [0.4, 0.5) is 5.69 Å². The molecule has 158 valence electrons. The van der Waals surface area contributed by atoms with Gasteiger partial charge in [0.2, 0.25) is 5.91 Å². The summed E-state index contributed by atoms with van der Waals surface area (Å²) in [7, 11) is 0. The van der Waals surface area contributed by atoms with Crippen molar-refractivity contribution in [2.45, 2.75) is 33.2 Å². The molecule has 10 heteroatoms. The number of nitrogens with zero attached hydrogens (tertiary/aromatic N) is 2. The van der Waals surface area contributed by atoms with Crippen LogP contribution >= 0.6 is 11.8 Å². The van der Waals surface area contributed by atoms with Gasteiger partial charge in [-0.1, -0.05) is 13.8 Å². The summed E-state index contributed by atoms with van der Waals surface area (Å²) in [4.78, 5) is 49.5. The Hall–Kier alpha value is -2.62. The second kappa shape index (κ2) is 10.2. The number of nitro benzene ring substituents is 1. The third-order valence-corrected chi connectivity index (χ3v) is 5.37. The van der Waals surface area contributed by atoms with Crippen LogP contribution in [0, 0.1) is 16.0 Å². The Balaban J connectivity index is 2.24. The van der Waals surface area contributed by atoms with E-state index in [1.807, 2.05) is 0 Å². The largest absolute Gasteiger partial charge is 0.462 e. The van der Waals surface area contributed by atoms with Crippen molar-refractivity contribution < 1.29 is 24.0 Å². The number of thioether (sulfide) groups is 1. The maximum absolute atomic E-state index is 13.0.